The average Bonchev–Trinajstić information content (AvgIpc) is 3.24. The fraction of sp³-hybridized carbons (Fsp3) is 0.222. The number of H-pyrrole nitrogens is 2. The van der Waals surface area contributed by atoms with Crippen LogP contribution < -0.4 is 11.3 Å². The third-order valence-electron chi connectivity index (χ3n) is 4.47. The maximum absolute atomic E-state index is 12.9. The summed E-state index contributed by atoms with van der Waals surface area (Å²) in [7, 11) is 0. The van der Waals surface area contributed by atoms with Gasteiger partial charge in [0.1, 0.15) is 5.52 Å². The van der Waals surface area contributed by atoms with E-state index < -0.39 is 0 Å². The molecule has 4 N–H and O–H groups in total. The Hall–Kier alpha value is -2.86. The number of pyridine rings is 1. The molecular formula is C18H19N5O. The van der Waals surface area contributed by atoms with Crippen LogP contribution in [0.15, 0.2) is 41.5 Å². The lowest BCUT2D eigenvalue weighted by molar-refractivity contribution is 0.654. The fourth-order valence-corrected chi connectivity index (χ4v) is 3.25. The molecule has 0 bridgehead atoms. The van der Waals surface area contributed by atoms with Crippen molar-refractivity contribution in [2.45, 2.75) is 19.9 Å². The van der Waals surface area contributed by atoms with Crippen molar-refractivity contribution in [2.24, 2.45) is 5.73 Å². The highest BCUT2D eigenvalue weighted by atomic mass is 16.1. The van der Waals surface area contributed by atoms with E-state index in [1.54, 1.807) is 0 Å². The topological polar surface area (TPSA) is 92.5 Å². The van der Waals surface area contributed by atoms with Gasteiger partial charge in [0.05, 0.1) is 10.9 Å². The zero-order valence-electron chi connectivity index (χ0n) is 13.5. The first-order valence-corrected chi connectivity index (χ1v) is 8.05. The molecule has 4 rings (SSSR count). The van der Waals surface area contributed by atoms with Gasteiger partial charge in [0, 0.05) is 30.0 Å². The lowest BCUT2D eigenvalue weighted by atomic mass is 10.0. The minimum Gasteiger partial charge on any atom is -0.367 e. The lowest BCUT2D eigenvalue weighted by Crippen LogP contribution is -2.22. The largest absolute Gasteiger partial charge is 0.367 e. The van der Waals surface area contributed by atoms with Crippen molar-refractivity contribution in [3.8, 4) is 11.1 Å². The van der Waals surface area contributed by atoms with Crippen molar-refractivity contribution in [2.75, 3.05) is 6.54 Å². The highest BCUT2D eigenvalue weighted by molar-refractivity contribution is 6.05. The zero-order valence-corrected chi connectivity index (χ0v) is 13.5. The summed E-state index contributed by atoms with van der Waals surface area (Å²) < 4.78 is 1.81. The molecule has 0 spiro atoms. The van der Waals surface area contributed by atoms with Crippen molar-refractivity contribution in [3.63, 3.8) is 0 Å². The summed E-state index contributed by atoms with van der Waals surface area (Å²) >= 11 is 0. The number of nitrogens with zero attached hydrogens (tertiary/aromatic N) is 2. The molecule has 6 heteroatoms. The van der Waals surface area contributed by atoms with Gasteiger partial charge in [0.2, 0.25) is 0 Å². The summed E-state index contributed by atoms with van der Waals surface area (Å²) in [6.45, 7) is 3.04. The normalized spacial score (nSPS) is 11.6. The lowest BCUT2D eigenvalue weighted by Gasteiger charge is -2.12. The first-order chi connectivity index (χ1) is 11.7. The van der Waals surface area contributed by atoms with Crippen LogP contribution in [0.1, 0.15) is 12.1 Å². The van der Waals surface area contributed by atoms with Gasteiger partial charge in [0.25, 0.3) is 5.56 Å². The highest BCUT2D eigenvalue weighted by Gasteiger charge is 2.15. The molecule has 0 aliphatic carbocycles. The number of hydrogen-bond donors (Lipinski definition) is 3. The van der Waals surface area contributed by atoms with E-state index in [0.29, 0.717) is 18.5 Å². The molecule has 1 aromatic carbocycles. The van der Waals surface area contributed by atoms with Crippen molar-refractivity contribution >= 4 is 21.8 Å². The molecule has 0 fully saturated rings. The molecule has 0 amide bonds. The Morgan fingerprint density at radius 1 is 1.25 bits per heavy atom. The number of nitrogens with one attached hydrogen (secondary N) is 2. The second-order valence-corrected chi connectivity index (χ2v) is 6.00. The summed E-state index contributed by atoms with van der Waals surface area (Å²) in [6, 6.07) is 8.16. The number of benzene rings is 1. The Kier molecular flexibility index (Phi) is 3.46. The predicted molar refractivity (Wildman–Crippen MR) is 96.1 cm³/mol. The molecule has 3 aromatic heterocycles. The number of rotatable bonds is 4. The third-order valence-corrected chi connectivity index (χ3v) is 4.47. The Morgan fingerprint density at radius 3 is 2.88 bits per heavy atom. The number of aromatic nitrogens is 4. The maximum Gasteiger partial charge on any atom is 0.262 e. The van der Waals surface area contributed by atoms with Crippen LogP contribution in [0, 0.1) is 6.92 Å². The smallest absolute Gasteiger partial charge is 0.262 e. The van der Waals surface area contributed by atoms with E-state index in [2.05, 4.69) is 21.2 Å². The summed E-state index contributed by atoms with van der Waals surface area (Å²) in [5.41, 5.74) is 10.3. The van der Waals surface area contributed by atoms with Gasteiger partial charge >= 0.3 is 0 Å². The summed E-state index contributed by atoms with van der Waals surface area (Å²) in [4.78, 5) is 16.0. The number of hydrogen-bond acceptors (Lipinski definition) is 3. The zero-order chi connectivity index (χ0) is 16.7. The summed E-state index contributed by atoms with van der Waals surface area (Å²) in [5, 5.41) is 8.97. The third kappa shape index (κ3) is 2.15. The molecule has 3 heterocycles. The first-order valence-electron chi connectivity index (χ1n) is 8.05. The average molecular weight is 321 g/mol. The van der Waals surface area contributed by atoms with E-state index in [4.69, 9.17) is 5.73 Å². The second kappa shape index (κ2) is 5.65. The van der Waals surface area contributed by atoms with Crippen LogP contribution in [0.2, 0.25) is 0 Å². The quantitative estimate of drug-likeness (QED) is 0.539. The van der Waals surface area contributed by atoms with Crippen LogP contribution in [0.5, 0.6) is 0 Å². The molecule has 4 aromatic rings. The molecule has 24 heavy (non-hydrogen) atoms. The Balaban J connectivity index is 2.08. The van der Waals surface area contributed by atoms with Crippen LogP contribution in [0.4, 0.5) is 0 Å². The van der Waals surface area contributed by atoms with Crippen molar-refractivity contribution in [3.05, 3.63) is 52.7 Å². The first kappa shape index (κ1) is 14.7. The monoisotopic (exact) mass is 321 g/mol. The predicted octanol–water partition coefficient (Wildman–Crippen LogP) is 2.53. The van der Waals surface area contributed by atoms with E-state index in [-0.39, 0.29) is 5.56 Å². The fourth-order valence-electron chi connectivity index (χ4n) is 3.25. The maximum atomic E-state index is 12.9. The van der Waals surface area contributed by atoms with Crippen LogP contribution >= 0.6 is 0 Å². The molecule has 0 saturated heterocycles. The molecule has 0 unspecified atom stereocenters. The van der Waals surface area contributed by atoms with Gasteiger partial charge in [-0.05, 0) is 49.2 Å². The number of fused-ring (bicyclic) bond motifs is 3. The standard InChI is InChI=1S/C18H19N5O/c1-11-16-17(22-21-11)14-9-12(13-5-7-20-10-13)3-4-15(14)23(18(16)24)8-2-6-19/h3-5,7,9-10,20H,2,6,8,19H2,1H3,(H,21,22). The molecule has 0 aliphatic heterocycles. The van der Waals surface area contributed by atoms with Crippen LogP contribution in [-0.4, -0.2) is 26.3 Å². The minimum absolute atomic E-state index is 0.00778. The van der Waals surface area contributed by atoms with E-state index in [1.807, 2.05) is 42.1 Å². The molecule has 0 saturated carbocycles. The van der Waals surface area contributed by atoms with Gasteiger partial charge in [0.15, 0.2) is 0 Å². The van der Waals surface area contributed by atoms with E-state index in [9.17, 15) is 4.79 Å². The van der Waals surface area contributed by atoms with Crippen molar-refractivity contribution in [1.29, 1.82) is 0 Å². The Morgan fingerprint density at radius 2 is 2.12 bits per heavy atom. The van der Waals surface area contributed by atoms with Gasteiger partial charge in [-0.2, -0.15) is 5.10 Å². The number of aryl methyl sites for hydroxylation is 2. The van der Waals surface area contributed by atoms with Crippen molar-refractivity contribution in [1.82, 2.24) is 19.7 Å². The van der Waals surface area contributed by atoms with Gasteiger partial charge in [-0.15, -0.1) is 0 Å². The number of nitrogens with two attached hydrogens (primary N) is 1. The van der Waals surface area contributed by atoms with Crippen LogP contribution in [0.3, 0.4) is 0 Å². The van der Waals surface area contributed by atoms with Gasteiger partial charge < -0.3 is 15.3 Å². The van der Waals surface area contributed by atoms with Crippen LogP contribution in [-0.2, 0) is 6.54 Å². The SMILES string of the molecule is Cc1[nH]nc2c1c(=O)n(CCCN)c1ccc(-c3cc[nH]c3)cc21. The highest BCUT2D eigenvalue weighted by Crippen LogP contribution is 2.28. The number of aromatic amines is 2. The minimum atomic E-state index is -0.00778. The molecule has 122 valence electrons. The van der Waals surface area contributed by atoms with Crippen LogP contribution in [0.25, 0.3) is 32.9 Å². The Labute approximate surface area is 138 Å². The molecule has 0 aliphatic rings. The Bertz CT molecular complexity index is 1070. The van der Waals surface area contributed by atoms with Gasteiger partial charge in [-0.1, -0.05) is 6.07 Å². The van der Waals surface area contributed by atoms with Gasteiger partial charge in [-0.3, -0.25) is 9.89 Å². The molecule has 0 atom stereocenters. The molecule has 0 radical (unpaired) electrons. The summed E-state index contributed by atoms with van der Waals surface area (Å²) in [6.07, 6.45) is 4.62. The molecule has 6 nitrogen and oxygen atoms in total. The van der Waals surface area contributed by atoms with E-state index in [1.165, 1.54) is 0 Å². The van der Waals surface area contributed by atoms with Crippen molar-refractivity contribution < 1.29 is 0 Å². The van der Waals surface area contributed by atoms with E-state index >= 15 is 0 Å². The second-order valence-electron chi connectivity index (χ2n) is 6.00. The summed E-state index contributed by atoms with van der Waals surface area (Å²) in [5.74, 6) is 0. The van der Waals surface area contributed by atoms with Gasteiger partial charge in [-0.25, -0.2) is 0 Å². The van der Waals surface area contributed by atoms with E-state index in [0.717, 1.165) is 39.7 Å². The molecular weight excluding hydrogens is 302 g/mol.